The molecule has 20 heavy (non-hydrogen) atoms. The molecule has 1 heterocycles. The minimum Gasteiger partial charge on any atom is -0.330 e. The van der Waals surface area contributed by atoms with E-state index in [-0.39, 0.29) is 17.8 Å². The van der Waals surface area contributed by atoms with Crippen molar-refractivity contribution in [1.82, 2.24) is 4.90 Å². The summed E-state index contributed by atoms with van der Waals surface area (Å²) in [7, 11) is 0. The summed E-state index contributed by atoms with van der Waals surface area (Å²) in [6.07, 6.45) is -3.34. The number of rotatable bonds is 3. The van der Waals surface area contributed by atoms with Crippen molar-refractivity contribution in [3.05, 3.63) is 35.4 Å². The highest BCUT2D eigenvalue weighted by molar-refractivity contribution is 5.85. The molecule has 0 amide bonds. The standard InChI is InChI=1S/C14H19F3N2.ClH/c1-13(9-18)6-7-19(10-13)8-11-4-2-3-5-12(11)14(15,16)17;/h2-5H,6-10,18H2,1H3;1H. The molecule has 1 aromatic rings. The number of nitrogens with zero attached hydrogens (tertiary/aromatic N) is 1. The Kier molecular flexibility index (Phi) is 5.46. The summed E-state index contributed by atoms with van der Waals surface area (Å²) in [6.45, 7) is 4.56. The summed E-state index contributed by atoms with van der Waals surface area (Å²) in [4.78, 5) is 2.05. The van der Waals surface area contributed by atoms with Crippen LogP contribution in [-0.4, -0.2) is 24.5 Å². The predicted octanol–water partition coefficient (Wildman–Crippen LogP) is 3.30. The zero-order valence-electron chi connectivity index (χ0n) is 11.4. The monoisotopic (exact) mass is 308 g/mol. The Hall–Kier alpha value is -0.780. The van der Waals surface area contributed by atoms with E-state index in [1.807, 2.05) is 0 Å². The lowest BCUT2D eigenvalue weighted by molar-refractivity contribution is -0.138. The van der Waals surface area contributed by atoms with Crippen LogP contribution < -0.4 is 5.73 Å². The lowest BCUT2D eigenvalue weighted by atomic mass is 9.90. The molecule has 6 heteroatoms. The van der Waals surface area contributed by atoms with E-state index in [1.165, 1.54) is 6.07 Å². The maximum Gasteiger partial charge on any atom is 0.416 e. The van der Waals surface area contributed by atoms with Crippen molar-refractivity contribution < 1.29 is 13.2 Å². The number of hydrogen-bond donors (Lipinski definition) is 1. The zero-order valence-corrected chi connectivity index (χ0v) is 12.2. The van der Waals surface area contributed by atoms with Crippen molar-refractivity contribution in [2.75, 3.05) is 19.6 Å². The minimum absolute atomic E-state index is 0. The number of nitrogens with two attached hydrogens (primary N) is 1. The molecule has 2 N–H and O–H groups in total. The summed E-state index contributed by atoms with van der Waals surface area (Å²) >= 11 is 0. The molecule has 2 nitrogen and oxygen atoms in total. The SMILES string of the molecule is CC1(CN)CCN(Cc2ccccc2C(F)(F)F)C1.Cl. The van der Waals surface area contributed by atoms with Gasteiger partial charge >= 0.3 is 6.18 Å². The third-order valence-corrected chi connectivity index (χ3v) is 3.85. The summed E-state index contributed by atoms with van der Waals surface area (Å²) in [5, 5.41) is 0. The second-order valence-electron chi connectivity index (χ2n) is 5.63. The van der Waals surface area contributed by atoms with Crippen molar-refractivity contribution in [2.45, 2.75) is 26.1 Å². The quantitative estimate of drug-likeness (QED) is 0.928. The Morgan fingerprint density at radius 2 is 1.95 bits per heavy atom. The van der Waals surface area contributed by atoms with Crippen molar-refractivity contribution >= 4 is 12.4 Å². The Morgan fingerprint density at radius 1 is 1.30 bits per heavy atom. The molecule has 1 unspecified atom stereocenters. The van der Waals surface area contributed by atoms with E-state index in [0.717, 1.165) is 25.6 Å². The number of benzene rings is 1. The Morgan fingerprint density at radius 3 is 2.50 bits per heavy atom. The van der Waals surface area contributed by atoms with Gasteiger partial charge in [0.05, 0.1) is 5.56 Å². The molecule has 0 spiro atoms. The van der Waals surface area contributed by atoms with Gasteiger partial charge in [-0.05, 0) is 36.6 Å². The van der Waals surface area contributed by atoms with E-state index in [9.17, 15) is 13.2 Å². The van der Waals surface area contributed by atoms with Crippen LogP contribution in [0.15, 0.2) is 24.3 Å². The lowest BCUT2D eigenvalue weighted by Crippen LogP contribution is -2.31. The van der Waals surface area contributed by atoms with E-state index in [1.54, 1.807) is 12.1 Å². The summed E-state index contributed by atoms with van der Waals surface area (Å²) in [5.74, 6) is 0. The third-order valence-electron chi connectivity index (χ3n) is 3.85. The first-order valence-electron chi connectivity index (χ1n) is 6.42. The molecule has 1 fully saturated rings. The van der Waals surface area contributed by atoms with Crippen LogP contribution in [-0.2, 0) is 12.7 Å². The predicted molar refractivity (Wildman–Crippen MR) is 75.7 cm³/mol. The summed E-state index contributed by atoms with van der Waals surface area (Å²) in [6, 6.07) is 5.79. The zero-order chi connectivity index (χ0) is 14.1. The van der Waals surface area contributed by atoms with Gasteiger partial charge in [-0.1, -0.05) is 25.1 Å². The van der Waals surface area contributed by atoms with Gasteiger partial charge in [0.1, 0.15) is 0 Å². The first-order chi connectivity index (χ1) is 8.84. The van der Waals surface area contributed by atoms with E-state index < -0.39 is 11.7 Å². The van der Waals surface area contributed by atoms with Crippen molar-refractivity contribution in [2.24, 2.45) is 11.1 Å². The summed E-state index contributed by atoms with van der Waals surface area (Å²) < 4.78 is 38.7. The second-order valence-corrected chi connectivity index (χ2v) is 5.63. The van der Waals surface area contributed by atoms with E-state index >= 15 is 0 Å². The normalized spacial score (nSPS) is 23.6. The van der Waals surface area contributed by atoms with Gasteiger partial charge in [0, 0.05) is 13.1 Å². The average Bonchev–Trinajstić information content (AvgIpc) is 2.71. The van der Waals surface area contributed by atoms with E-state index in [4.69, 9.17) is 5.73 Å². The van der Waals surface area contributed by atoms with Crippen LogP contribution in [0.1, 0.15) is 24.5 Å². The molecule has 114 valence electrons. The molecule has 1 aliphatic heterocycles. The highest BCUT2D eigenvalue weighted by Crippen LogP contribution is 2.34. The number of likely N-dealkylation sites (tertiary alicyclic amines) is 1. The topological polar surface area (TPSA) is 29.3 Å². The third kappa shape index (κ3) is 3.87. The fourth-order valence-electron chi connectivity index (χ4n) is 2.60. The van der Waals surface area contributed by atoms with E-state index in [0.29, 0.717) is 18.7 Å². The number of halogens is 4. The first-order valence-corrected chi connectivity index (χ1v) is 6.42. The molecular formula is C14H20ClF3N2. The van der Waals surface area contributed by atoms with Gasteiger partial charge in [-0.15, -0.1) is 12.4 Å². The number of alkyl halides is 3. The largest absolute Gasteiger partial charge is 0.416 e. The fourth-order valence-corrected chi connectivity index (χ4v) is 2.60. The first kappa shape index (κ1) is 17.3. The van der Waals surface area contributed by atoms with Crippen LogP contribution in [0.25, 0.3) is 0 Å². The lowest BCUT2D eigenvalue weighted by Gasteiger charge is -2.23. The van der Waals surface area contributed by atoms with Crippen LogP contribution in [0.2, 0.25) is 0 Å². The molecule has 0 bridgehead atoms. The maximum absolute atomic E-state index is 12.9. The smallest absolute Gasteiger partial charge is 0.330 e. The van der Waals surface area contributed by atoms with E-state index in [2.05, 4.69) is 11.8 Å². The van der Waals surface area contributed by atoms with Crippen molar-refractivity contribution in [3.8, 4) is 0 Å². The molecule has 0 aliphatic carbocycles. The van der Waals surface area contributed by atoms with Gasteiger partial charge in [0.15, 0.2) is 0 Å². The molecule has 0 aromatic heterocycles. The Bertz CT molecular complexity index is 450. The highest BCUT2D eigenvalue weighted by Gasteiger charge is 2.36. The second kappa shape index (κ2) is 6.33. The van der Waals surface area contributed by atoms with Crippen molar-refractivity contribution in [1.29, 1.82) is 0 Å². The van der Waals surface area contributed by atoms with Crippen LogP contribution in [0.4, 0.5) is 13.2 Å². The molecule has 1 aromatic carbocycles. The number of hydrogen-bond acceptors (Lipinski definition) is 2. The van der Waals surface area contributed by atoms with Gasteiger partial charge in [0.25, 0.3) is 0 Å². The summed E-state index contributed by atoms with van der Waals surface area (Å²) in [5.41, 5.74) is 5.56. The molecular weight excluding hydrogens is 289 g/mol. The van der Waals surface area contributed by atoms with Gasteiger partial charge < -0.3 is 5.73 Å². The van der Waals surface area contributed by atoms with Crippen molar-refractivity contribution in [3.63, 3.8) is 0 Å². The van der Waals surface area contributed by atoms with Gasteiger partial charge in [-0.3, -0.25) is 4.90 Å². The van der Waals surface area contributed by atoms with Crippen LogP contribution in [0, 0.1) is 5.41 Å². The van der Waals surface area contributed by atoms with Gasteiger partial charge in [-0.2, -0.15) is 13.2 Å². The fraction of sp³-hybridized carbons (Fsp3) is 0.571. The van der Waals surface area contributed by atoms with Gasteiger partial charge in [0.2, 0.25) is 0 Å². The van der Waals surface area contributed by atoms with Gasteiger partial charge in [-0.25, -0.2) is 0 Å². The van der Waals surface area contributed by atoms with Crippen LogP contribution in [0.5, 0.6) is 0 Å². The molecule has 1 atom stereocenters. The van der Waals surface area contributed by atoms with Crippen LogP contribution >= 0.6 is 12.4 Å². The Balaban J connectivity index is 0.00000200. The average molecular weight is 309 g/mol. The molecule has 2 rings (SSSR count). The minimum atomic E-state index is -4.28. The Labute approximate surface area is 123 Å². The van der Waals surface area contributed by atoms with Crippen LogP contribution in [0.3, 0.4) is 0 Å². The molecule has 0 saturated carbocycles. The highest BCUT2D eigenvalue weighted by atomic mass is 35.5. The molecule has 0 radical (unpaired) electrons. The maximum atomic E-state index is 12.9. The molecule has 1 saturated heterocycles. The molecule has 1 aliphatic rings.